The molecule has 7 nitrogen and oxygen atoms in total. The van der Waals surface area contributed by atoms with E-state index in [1.807, 2.05) is 24.5 Å². The van der Waals surface area contributed by atoms with Gasteiger partial charge in [0.1, 0.15) is 17.8 Å². The molecule has 1 aliphatic carbocycles. The van der Waals surface area contributed by atoms with Crippen molar-refractivity contribution in [2.24, 2.45) is 0 Å². The summed E-state index contributed by atoms with van der Waals surface area (Å²) in [7, 11) is 0. The zero-order chi connectivity index (χ0) is 17.6. The number of hydrogen-bond acceptors (Lipinski definition) is 4. The molecule has 1 saturated carbocycles. The third-order valence-electron chi connectivity index (χ3n) is 4.99. The molecule has 132 valence electrons. The van der Waals surface area contributed by atoms with E-state index in [9.17, 15) is 9.59 Å². The van der Waals surface area contributed by atoms with E-state index in [-0.39, 0.29) is 24.1 Å². The van der Waals surface area contributed by atoms with Crippen molar-refractivity contribution < 1.29 is 9.21 Å². The first kappa shape index (κ1) is 15.9. The number of carbonyl (C=O) groups excluding carboxylic acids is 1. The Balaban J connectivity index is 1.72. The maximum atomic E-state index is 12.9. The summed E-state index contributed by atoms with van der Waals surface area (Å²) >= 11 is 0. The van der Waals surface area contributed by atoms with E-state index in [2.05, 4.69) is 10.4 Å². The van der Waals surface area contributed by atoms with Gasteiger partial charge in [0.2, 0.25) is 5.91 Å². The molecule has 0 spiro atoms. The van der Waals surface area contributed by atoms with Crippen molar-refractivity contribution in [3.8, 4) is 0 Å². The predicted octanol–water partition coefficient (Wildman–Crippen LogP) is 2.33. The number of nitrogens with one attached hydrogen (secondary N) is 1. The lowest BCUT2D eigenvalue weighted by molar-refractivity contribution is -0.122. The summed E-state index contributed by atoms with van der Waals surface area (Å²) in [5.74, 6) is 0.643. The first-order chi connectivity index (χ1) is 12.1. The average Bonchev–Trinajstić information content (AvgIpc) is 3.26. The number of hydrogen-bond donors (Lipinski definition) is 1. The SMILES string of the molecule is CCn1c2cc(C)oc2c2cnn(CC(=O)NC3CCCC3)c(=O)c21. The lowest BCUT2D eigenvalue weighted by atomic mass is 10.2. The first-order valence-corrected chi connectivity index (χ1v) is 8.86. The van der Waals surface area contributed by atoms with Crippen LogP contribution in [-0.4, -0.2) is 26.3 Å². The fourth-order valence-electron chi connectivity index (χ4n) is 3.84. The van der Waals surface area contributed by atoms with Crippen molar-refractivity contribution in [3.05, 3.63) is 28.4 Å². The van der Waals surface area contributed by atoms with Gasteiger partial charge in [-0.15, -0.1) is 0 Å². The minimum Gasteiger partial charge on any atom is -0.459 e. The van der Waals surface area contributed by atoms with Gasteiger partial charge in [0, 0.05) is 18.7 Å². The molecule has 1 amide bonds. The monoisotopic (exact) mass is 342 g/mol. The summed E-state index contributed by atoms with van der Waals surface area (Å²) < 4.78 is 8.91. The Labute approximate surface area is 144 Å². The van der Waals surface area contributed by atoms with Crippen molar-refractivity contribution in [2.75, 3.05) is 0 Å². The Bertz CT molecular complexity index is 1000. The van der Waals surface area contributed by atoms with Gasteiger partial charge in [0.15, 0.2) is 5.58 Å². The van der Waals surface area contributed by atoms with E-state index in [1.165, 1.54) is 4.68 Å². The molecule has 0 unspecified atom stereocenters. The van der Waals surface area contributed by atoms with Gasteiger partial charge in [-0.1, -0.05) is 12.8 Å². The molecule has 0 atom stereocenters. The van der Waals surface area contributed by atoms with Crippen molar-refractivity contribution in [1.82, 2.24) is 19.7 Å². The number of carbonyl (C=O) groups is 1. The van der Waals surface area contributed by atoms with Gasteiger partial charge in [-0.3, -0.25) is 9.59 Å². The number of amides is 1. The van der Waals surface area contributed by atoms with Crippen LogP contribution in [0.5, 0.6) is 0 Å². The second kappa shape index (κ2) is 6.06. The maximum absolute atomic E-state index is 12.9. The van der Waals surface area contributed by atoms with Crippen LogP contribution in [0.2, 0.25) is 0 Å². The molecule has 0 radical (unpaired) electrons. The van der Waals surface area contributed by atoms with Crippen LogP contribution in [0.15, 0.2) is 21.5 Å². The van der Waals surface area contributed by atoms with Gasteiger partial charge in [0.05, 0.1) is 17.1 Å². The van der Waals surface area contributed by atoms with Crippen molar-refractivity contribution >= 4 is 27.9 Å². The predicted molar refractivity (Wildman–Crippen MR) is 94.6 cm³/mol. The molecule has 1 aliphatic rings. The summed E-state index contributed by atoms with van der Waals surface area (Å²) in [6, 6.07) is 2.16. The first-order valence-electron chi connectivity index (χ1n) is 8.86. The zero-order valence-corrected chi connectivity index (χ0v) is 14.5. The Hall–Kier alpha value is -2.57. The van der Waals surface area contributed by atoms with Crippen LogP contribution >= 0.6 is 0 Å². The smallest absolute Gasteiger partial charge is 0.291 e. The molecule has 4 rings (SSSR count). The normalized spacial score (nSPS) is 15.4. The molecule has 1 N–H and O–H groups in total. The van der Waals surface area contributed by atoms with E-state index in [4.69, 9.17) is 4.42 Å². The third-order valence-corrected chi connectivity index (χ3v) is 4.99. The maximum Gasteiger partial charge on any atom is 0.291 e. The standard InChI is InChI=1S/C18H22N4O3/c1-3-21-14-8-11(2)25-17(14)13-9-19-22(18(24)16(13)21)10-15(23)20-12-6-4-5-7-12/h8-9,12H,3-7,10H2,1-2H3,(H,20,23). The summed E-state index contributed by atoms with van der Waals surface area (Å²) in [4.78, 5) is 25.1. The third kappa shape index (κ3) is 2.63. The summed E-state index contributed by atoms with van der Waals surface area (Å²) in [5.41, 5.74) is 1.86. The van der Waals surface area contributed by atoms with E-state index in [1.54, 1.807) is 6.20 Å². The second-order valence-corrected chi connectivity index (χ2v) is 6.73. The summed E-state index contributed by atoms with van der Waals surface area (Å²) in [6.45, 7) is 4.46. The van der Waals surface area contributed by atoms with Crippen LogP contribution < -0.4 is 10.9 Å². The van der Waals surface area contributed by atoms with Crippen LogP contribution in [0.25, 0.3) is 22.0 Å². The largest absolute Gasteiger partial charge is 0.459 e. The van der Waals surface area contributed by atoms with Crippen LogP contribution in [0.3, 0.4) is 0 Å². The quantitative estimate of drug-likeness (QED) is 0.789. The molecule has 3 aromatic heterocycles. The number of furan rings is 1. The molecular weight excluding hydrogens is 320 g/mol. The molecule has 3 aromatic rings. The number of nitrogens with zero attached hydrogens (tertiary/aromatic N) is 3. The Morgan fingerprint density at radius 2 is 2.16 bits per heavy atom. The zero-order valence-electron chi connectivity index (χ0n) is 14.5. The van der Waals surface area contributed by atoms with E-state index < -0.39 is 0 Å². The van der Waals surface area contributed by atoms with Gasteiger partial charge >= 0.3 is 0 Å². The highest BCUT2D eigenvalue weighted by molar-refractivity contribution is 6.04. The number of rotatable bonds is 4. The lowest BCUT2D eigenvalue weighted by Gasteiger charge is -2.12. The number of aryl methyl sites for hydroxylation is 2. The fourth-order valence-corrected chi connectivity index (χ4v) is 3.84. The Morgan fingerprint density at radius 1 is 1.40 bits per heavy atom. The van der Waals surface area contributed by atoms with Crippen molar-refractivity contribution in [1.29, 1.82) is 0 Å². The number of aromatic nitrogens is 3. The van der Waals surface area contributed by atoms with Crippen LogP contribution in [0.4, 0.5) is 0 Å². The Morgan fingerprint density at radius 3 is 2.88 bits per heavy atom. The van der Waals surface area contributed by atoms with Gasteiger partial charge in [-0.25, -0.2) is 4.68 Å². The molecule has 0 bridgehead atoms. The van der Waals surface area contributed by atoms with E-state index >= 15 is 0 Å². The molecule has 0 aromatic carbocycles. The minimum absolute atomic E-state index is 0.0550. The van der Waals surface area contributed by atoms with E-state index in [0.29, 0.717) is 23.0 Å². The highest BCUT2D eigenvalue weighted by Gasteiger charge is 2.21. The van der Waals surface area contributed by atoms with Gasteiger partial charge in [-0.05, 0) is 26.7 Å². The van der Waals surface area contributed by atoms with Crippen LogP contribution in [-0.2, 0) is 17.9 Å². The average molecular weight is 342 g/mol. The van der Waals surface area contributed by atoms with Gasteiger partial charge < -0.3 is 14.3 Å². The molecule has 3 heterocycles. The highest BCUT2D eigenvalue weighted by Crippen LogP contribution is 2.29. The molecule has 0 saturated heterocycles. The van der Waals surface area contributed by atoms with Crippen molar-refractivity contribution in [3.63, 3.8) is 0 Å². The van der Waals surface area contributed by atoms with Gasteiger partial charge in [0.25, 0.3) is 5.56 Å². The minimum atomic E-state index is -0.259. The van der Waals surface area contributed by atoms with Crippen LogP contribution in [0.1, 0.15) is 38.4 Å². The van der Waals surface area contributed by atoms with Gasteiger partial charge in [-0.2, -0.15) is 5.10 Å². The van der Waals surface area contributed by atoms with E-state index in [0.717, 1.165) is 37.0 Å². The fraction of sp³-hybridized carbons (Fsp3) is 0.500. The molecule has 1 fully saturated rings. The number of fused-ring (bicyclic) bond motifs is 3. The van der Waals surface area contributed by atoms with Crippen LogP contribution in [0, 0.1) is 6.92 Å². The molecule has 0 aliphatic heterocycles. The topological polar surface area (TPSA) is 82.1 Å². The summed E-state index contributed by atoms with van der Waals surface area (Å²) in [6.07, 6.45) is 5.95. The highest BCUT2D eigenvalue weighted by atomic mass is 16.3. The second-order valence-electron chi connectivity index (χ2n) is 6.73. The molecular formula is C18H22N4O3. The summed E-state index contributed by atoms with van der Waals surface area (Å²) in [5, 5.41) is 7.89. The van der Waals surface area contributed by atoms with Crippen molar-refractivity contribution in [2.45, 2.75) is 58.7 Å². The lowest BCUT2D eigenvalue weighted by Crippen LogP contribution is -2.38. The Kier molecular flexibility index (Phi) is 3.86. The molecule has 25 heavy (non-hydrogen) atoms. The molecule has 7 heteroatoms.